The van der Waals surface area contributed by atoms with Crippen LogP contribution in [0.15, 0.2) is 72.9 Å². The van der Waals surface area contributed by atoms with Crippen LogP contribution in [0, 0.1) is 0 Å². The van der Waals surface area contributed by atoms with E-state index in [1.807, 2.05) is 0 Å². The second-order valence-corrected chi connectivity index (χ2v) is 18.1. The molecule has 0 aliphatic heterocycles. The van der Waals surface area contributed by atoms with Gasteiger partial charge in [-0.1, -0.05) is 222 Å². The van der Waals surface area contributed by atoms with Gasteiger partial charge in [0.15, 0.2) is 6.10 Å². The van der Waals surface area contributed by atoms with Crippen molar-refractivity contribution in [3.05, 3.63) is 72.9 Å². The summed E-state index contributed by atoms with van der Waals surface area (Å²) in [4.78, 5) is 38.0. The highest BCUT2D eigenvalue weighted by Gasteiger charge is 2.19. The minimum absolute atomic E-state index is 0.106. The van der Waals surface area contributed by atoms with Crippen LogP contribution in [0.3, 0.4) is 0 Å². The second-order valence-electron chi connectivity index (χ2n) is 18.1. The zero-order valence-corrected chi connectivity index (χ0v) is 42.7. The molecule has 0 aromatic rings. The Labute approximate surface area is 402 Å². The van der Waals surface area contributed by atoms with E-state index in [2.05, 4.69) is 93.7 Å². The van der Waals surface area contributed by atoms with Crippen LogP contribution in [-0.4, -0.2) is 37.2 Å². The summed E-state index contributed by atoms with van der Waals surface area (Å²) in [6.45, 7) is 6.53. The molecular formula is C59H102O6. The van der Waals surface area contributed by atoms with Gasteiger partial charge in [-0.3, -0.25) is 14.4 Å². The Balaban J connectivity index is 4.48. The largest absolute Gasteiger partial charge is 0.462 e. The maximum absolute atomic E-state index is 12.8. The van der Waals surface area contributed by atoms with Crippen LogP contribution in [0.4, 0.5) is 0 Å². The topological polar surface area (TPSA) is 78.9 Å². The first-order valence-corrected chi connectivity index (χ1v) is 27.4. The van der Waals surface area contributed by atoms with Crippen molar-refractivity contribution in [1.82, 2.24) is 0 Å². The summed E-state index contributed by atoms with van der Waals surface area (Å²) in [5.41, 5.74) is 0. The number of allylic oxidation sites excluding steroid dienone is 12. The Morgan fingerprint density at radius 2 is 0.554 bits per heavy atom. The van der Waals surface area contributed by atoms with Crippen molar-refractivity contribution in [2.24, 2.45) is 0 Å². The first-order valence-electron chi connectivity index (χ1n) is 27.4. The van der Waals surface area contributed by atoms with Crippen molar-refractivity contribution >= 4 is 17.9 Å². The molecule has 65 heavy (non-hydrogen) atoms. The van der Waals surface area contributed by atoms with E-state index in [0.717, 1.165) is 83.5 Å². The van der Waals surface area contributed by atoms with E-state index in [0.29, 0.717) is 19.3 Å². The number of esters is 3. The average Bonchev–Trinajstić information content (AvgIpc) is 3.30. The summed E-state index contributed by atoms with van der Waals surface area (Å²) < 4.78 is 16.8. The highest BCUT2D eigenvalue weighted by Crippen LogP contribution is 2.15. The maximum atomic E-state index is 12.8. The van der Waals surface area contributed by atoms with Crippen LogP contribution in [0.2, 0.25) is 0 Å². The van der Waals surface area contributed by atoms with E-state index >= 15 is 0 Å². The quantitative estimate of drug-likeness (QED) is 0.0262. The van der Waals surface area contributed by atoms with Crippen molar-refractivity contribution in [1.29, 1.82) is 0 Å². The van der Waals surface area contributed by atoms with E-state index in [1.54, 1.807) is 0 Å². The lowest BCUT2D eigenvalue weighted by atomic mass is 10.0. The number of unbranched alkanes of at least 4 members (excludes halogenated alkanes) is 26. The fraction of sp³-hybridized carbons (Fsp3) is 0.746. The summed E-state index contributed by atoms with van der Waals surface area (Å²) in [5, 5.41) is 0. The van der Waals surface area contributed by atoms with Crippen molar-refractivity contribution in [2.45, 2.75) is 271 Å². The zero-order chi connectivity index (χ0) is 47.2. The smallest absolute Gasteiger partial charge is 0.306 e. The van der Waals surface area contributed by atoms with Crippen LogP contribution in [-0.2, 0) is 28.6 Å². The predicted molar refractivity (Wildman–Crippen MR) is 279 cm³/mol. The highest BCUT2D eigenvalue weighted by molar-refractivity contribution is 5.71. The van der Waals surface area contributed by atoms with E-state index in [1.165, 1.54) is 141 Å². The molecule has 0 unspecified atom stereocenters. The first kappa shape index (κ1) is 61.9. The van der Waals surface area contributed by atoms with Gasteiger partial charge in [0, 0.05) is 19.3 Å². The molecular weight excluding hydrogens is 805 g/mol. The SMILES string of the molecule is CCCCC/C=C\C/C=C\C/C=C\CCCCC(=O)OCC(COC(=O)CCCC/C=C\C/C=C\C/C=C\CCCCC)OC(=O)CCCCCCCCCCCCCCCCCCC. The van der Waals surface area contributed by atoms with Crippen LogP contribution in [0.25, 0.3) is 0 Å². The molecule has 0 bridgehead atoms. The molecule has 374 valence electrons. The summed E-state index contributed by atoms with van der Waals surface area (Å²) in [7, 11) is 0. The van der Waals surface area contributed by atoms with Crippen LogP contribution in [0.5, 0.6) is 0 Å². The fourth-order valence-electron chi connectivity index (χ4n) is 7.51. The number of rotatable bonds is 49. The number of hydrogen-bond acceptors (Lipinski definition) is 6. The van der Waals surface area contributed by atoms with Crippen molar-refractivity contribution in [3.63, 3.8) is 0 Å². The Morgan fingerprint density at radius 1 is 0.308 bits per heavy atom. The van der Waals surface area contributed by atoms with Crippen LogP contribution in [0.1, 0.15) is 265 Å². The normalized spacial score (nSPS) is 12.2. The molecule has 0 saturated heterocycles. The standard InChI is InChI=1S/C59H102O6/c1-4-7-10-13-16-19-22-25-28-29-32-35-38-41-44-47-50-53-59(62)65-56(54-63-57(60)51-48-45-42-39-36-33-30-26-23-20-17-14-11-8-5-2)55-64-58(61)52-49-46-43-40-37-34-31-27-24-21-18-15-12-9-6-3/h17-18,20-21,26-27,30-31,36-37,39-40,56H,4-16,19,22-25,28-29,32-35,38,41-55H2,1-3H3/b20-17-,21-18-,30-26-,31-27-,39-36-,40-37-. The van der Waals surface area contributed by atoms with Gasteiger partial charge in [-0.2, -0.15) is 0 Å². The molecule has 0 rings (SSSR count). The highest BCUT2D eigenvalue weighted by atomic mass is 16.6. The maximum Gasteiger partial charge on any atom is 0.306 e. The molecule has 0 heterocycles. The lowest BCUT2D eigenvalue weighted by molar-refractivity contribution is -0.167. The van der Waals surface area contributed by atoms with Crippen LogP contribution >= 0.6 is 0 Å². The summed E-state index contributed by atoms with van der Waals surface area (Å²) in [6.07, 6.45) is 67.5. The van der Waals surface area contributed by atoms with Crippen molar-refractivity contribution < 1.29 is 28.6 Å². The molecule has 0 radical (unpaired) electrons. The van der Waals surface area contributed by atoms with Gasteiger partial charge in [0.25, 0.3) is 0 Å². The molecule has 0 aromatic heterocycles. The number of hydrogen-bond donors (Lipinski definition) is 0. The van der Waals surface area contributed by atoms with Gasteiger partial charge < -0.3 is 14.2 Å². The molecule has 0 N–H and O–H groups in total. The zero-order valence-electron chi connectivity index (χ0n) is 42.7. The van der Waals surface area contributed by atoms with Crippen molar-refractivity contribution in [3.8, 4) is 0 Å². The molecule has 0 amide bonds. The van der Waals surface area contributed by atoms with Gasteiger partial charge >= 0.3 is 17.9 Å². The van der Waals surface area contributed by atoms with Gasteiger partial charge in [0.2, 0.25) is 0 Å². The molecule has 0 aromatic carbocycles. The Bertz CT molecular complexity index is 1160. The lowest BCUT2D eigenvalue weighted by Gasteiger charge is -2.18. The molecule has 6 nitrogen and oxygen atoms in total. The van der Waals surface area contributed by atoms with E-state index in [-0.39, 0.29) is 31.1 Å². The minimum Gasteiger partial charge on any atom is -0.462 e. The fourth-order valence-corrected chi connectivity index (χ4v) is 7.51. The van der Waals surface area contributed by atoms with Gasteiger partial charge in [0.1, 0.15) is 13.2 Å². The lowest BCUT2D eigenvalue weighted by Crippen LogP contribution is -2.30. The van der Waals surface area contributed by atoms with Crippen LogP contribution < -0.4 is 0 Å². The molecule has 0 spiro atoms. The number of ether oxygens (including phenoxy) is 3. The average molecular weight is 907 g/mol. The van der Waals surface area contributed by atoms with Gasteiger partial charge in [-0.15, -0.1) is 0 Å². The second kappa shape index (κ2) is 53.5. The third-order valence-electron chi connectivity index (χ3n) is 11.7. The summed E-state index contributed by atoms with van der Waals surface area (Å²) in [5.74, 6) is -0.971. The van der Waals surface area contributed by atoms with Gasteiger partial charge in [-0.05, 0) is 96.3 Å². The Hall–Kier alpha value is -3.15. The molecule has 6 heteroatoms. The monoisotopic (exact) mass is 907 g/mol. The van der Waals surface area contributed by atoms with E-state index in [9.17, 15) is 14.4 Å². The Morgan fingerprint density at radius 3 is 0.892 bits per heavy atom. The number of carbonyl (C=O) groups is 3. The van der Waals surface area contributed by atoms with E-state index < -0.39 is 6.10 Å². The summed E-state index contributed by atoms with van der Waals surface area (Å²) in [6, 6.07) is 0. The predicted octanol–water partition coefficient (Wildman–Crippen LogP) is 18.2. The Kier molecular flexibility index (Phi) is 50.9. The molecule has 0 aliphatic carbocycles. The summed E-state index contributed by atoms with van der Waals surface area (Å²) >= 11 is 0. The third kappa shape index (κ3) is 51.7. The third-order valence-corrected chi connectivity index (χ3v) is 11.7. The van der Waals surface area contributed by atoms with Gasteiger partial charge in [0.05, 0.1) is 0 Å². The number of carbonyl (C=O) groups excluding carboxylic acids is 3. The minimum atomic E-state index is -0.804. The van der Waals surface area contributed by atoms with Gasteiger partial charge in [-0.25, -0.2) is 0 Å². The van der Waals surface area contributed by atoms with Crippen molar-refractivity contribution in [2.75, 3.05) is 13.2 Å². The molecule has 0 aliphatic rings. The molecule has 0 saturated carbocycles. The van der Waals surface area contributed by atoms with E-state index in [4.69, 9.17) is 14.2 Å². The molecule has 0 atom stereocenters. The molecule has 0 fully saturated rings. The first-order chi connectivity index (χ1) is 32.0.